The van der Waals surface area contributed by atoms with Gasteiger partial charge in [-0.2, -0.15) is 5.10 Å². The lowest BCUT2D eigenvalue weighted by atomic mass is 9.93. The first-order valence-corrected chi connectivity index (χ1v) is 7.81. The first-order valence-electron chi connectivity index (χ1n) is 7.81. The van der Waals surface area contributed by atoms with Crippen molar-refractivity contribution in [3.63, 3.8) is 0 Å². The molecule has 5 nitrogen and oxygen atoms in total. The molecular weight excluding hydrogens is 297 g/mol. The molecule has 2 heterocycles. The molecule has 0 spiro atoms. The molecule has 0 radical (unpaired) electrons. The second kappa shape index (κ2) is 6.50. The molecule has 1 aliphatic rings. The van der Waals surface area contributed by atoms with Crippen molar-refractivity contribution >= 4 is 5.91 Å². The third-order valence-electron chi connectivity index (χ3n) is 4.44. The second-order valence-electron chi connectivity index (χ2n) is 6.05. The van der Waals surface area contributed by atoms with Crippen LogP contribution in [0.5, 0.6) is 0 Å². The number of piperidine rings is 1. The maximum Gasteiger partial charge on any atom is 0.254 e. The van der Waals surface area contributed by atoms with Crippen molar-refractivity contribution in [1.82, 2.24) is 14.7 Å². The molecule has 1 aliphatic heterocycles. The van der Waals surface area contributed by atoms with Crippen molar-refractivity contribution in [3.8, 4) is 5.69 Å². The third kappa shape index (κ3) is 3.12. The van der Waals surface area contributed by atoms with E-state index in [4.69, 9.17) is 0 Å². The molecule has 0 saturated carbocycles. The summed E-state index contributed by atoms with van der Waals surface area (Å²) in [6.07, 6.45) is 4.99. The monoisotopic (exact) mass is 317 g/mol. The van der Waals surface area contributed by atoms with Gasteiger partial charge in [0, 0.05) is 37.2 Å². The molecule has 1 aromatic heterocycles. The van der Waals surface area contributed by atoms with E-state index in [2.05, 4.69) is 5.10 Å². The lowest BCUT2D eigenvalue weighted by Crippen LogP contribution is -2.46. The summed E-state index contributed by atoms with van der Waals surface area (Å²) in [5.74, 6) is -0.576. The first-order chi connectivity index (χ1) is 11.1. The van der Waals surface area contributed by atoms with Crippen LogP contribution in [0, 0.1) is 11.7 Å². The number of amides is 1. The van der Waals surface area contributed by atoms with Crippen LogP contribution in [-0.2, 0) is 0 Å². The fourth-order valence-electron chi connectivity index (χ4n) is 3.02. The number of likely N-dealkylation sites (tertiary alicyclic amines) is 1. The standard InChI is InChI=1S/C17H20FN3O2/c1-12-3-4-13(11-22)10-20(12)17(23)14-5-6-16(15(18)9-14)21-8-2-7-19-21/h2,5-9,12-13,22H,3-4,10-11H2,1H3. The van der Waals surface area contributed by atoms with Gasteiger partial charge in [-0.05, 0) is 49.9 Å². The van der Waals surface area contributed by atoms with Crippen LogP contribution in [0.15, 0.2) is 36.7 Å². The topological polar surface area (TPSA) is 58.4 Å². The SMILES string of the molecule is CC1CCC(CO)CN1C(=O)c1ccc(-n2cccn2)c(F)c1. The predicted octanol–water partition coefficient (Wildman–Crippen LogP) is 2.24. The van der Waals surface area contributed by atoms with E-state index in [1.165, 1.54) is 10.7 Å². The molecule has 23 heavy (non-hydrogen) atoms. The number of carbonyl (C=O) groups excluding carboxylic acids is 1. The van der Waals surface area contributed by atoms with Gasteiger partial charge in [0.2, 0.25) is 0 Å². The molecule has 1 fully saturated rings. The van der Waals surface area contributed by atoms with Crippen molar-refractivity contribution in [2.75, 3.05) is 13.2 Å². The molecule has 1 amide bonds. The molecule has 122 valence electrons. The van der Waals surface area contributed by atoms with Crippen molar-refractivity contribution < 1.29 is 14.3 Å². The van der Waals surface area contributed by atoms with Crippen LogP contribution < -0.4 is 0 Å². The molecule has 2 atom stereocenters. The van der Waals surface area contributed by atoms with E-state index in [0.717, 1.165) is 12.8 Å². The average molecular weight is 317 g/mol. The number of hydrogen-bond acceptors (Lipinski definition) is 3. The van der Waals surface area contributed by atoms with E-state index < -0.39 is 5.82 Å². The van der Waals surface area contributed by atoms with Gasteiger partial charge in [-0.1, -0.05) is 0 Å². The van der Waals surface area contributed by atoms with Crippen molar-refractivity contribution in [2.45, 2.75) is 25.8 Å². The maximum absolute atomic E-state index is 14.3. The number of nitrogens with zero attached hydrogens (tertiary/aromatic N) is 3. The van der Waals surface area contributed by atoms with Crippen LogP contribution >= 0.6 is 0 Å². The van der Waals surface area contributed by atoms with Crippen LogP contribution in [0.4, 0.5) is 4.39 Å². The van der Waals surface area contributed by atoms with E-state index in [9.17, 15) is 14.3 Å². The number of rotatable bonds is 3. The zero-order chi connectivity index (χ0) is 16.4. The van der Waals surface area contributed by atoms with Gasteiger partial charge in [-0.25, -0.2) is 9.07 Å². The van der Waals surface area contributed by atoms with Gasteiger partial charge in [0.1, 0.15) is 11.5 Å². The molecular formula is C17H20FN3O2. The minimum atomic E-state index is -0.483. The van der Waals surface area contributed by atoms with Crippen LogP contribution in [-0.4, -0.2) is 44.9 Å². The van der Waals surface area contributed by atoms with E-state index in [1.54, 1.807) is 35.5 Å². The number of benzene rings is 1. The molecule has 1 saturated heterocycles. The molecule has 1 aromatic carbocycles. The third-order valence-corrected chi connectivity index (χ3v) is 4.44. The Balaban J connectivity index is 1.83. The number of aliphatic hydroxyl groups excluding tert-OH is 1. The molecule has 1 N–H and O–H groups in total. The van der Waals surface area contributed by atoms with Crippen molar-refractivity contribution in [2.24, 2.45) is 5.92 Å². The van der Waals surface area contributed by atoms with Gasteiger partial charge in [0.25, 0.3) is 5.91 Å². The number of aliphatic hydroxyl groups is 1. The van der Waals surface area contributed by atoms with E-state index in [-0.39, 0.29) is 24.5 Å². The van der Waals surface area contributed by atoms with Gasteiger partial charge in [-0.15, -0.1) is 0 Å². The number of hydrogen-bond donors (Lipinski definition) is 1. The largest absolute Gasteiger partial charge is 0.396 e. The summed E-state index contributed by atoms with van der Waals surface area (Å²) in [7, 11) is 0. The Morgan fingerprint density at radius 2 is 2.26 bits per heavy atom. The Hall–Kier alpha value is -2.21. The number of halogens is 1. The van der Waals surface area contributed by atoms with Gasteiger partial charge < -0.3 is 10.0 Å². The summed E-state index contributed by atoms with van der Waals surface area (Å²) in [6, 6.07) is 6.25. The van der Waals surface area contributed by atoms with Crippen LogP contribution in [0.3, 0.4) is 0 Å². The Bertz CT molecular complexity index is 687. The summed E-state index contributed by atoms with van der Waals surface area (Å²) in [4.78, 5) is 14.4. The van der Waals surface area contributed by atoms with Crippen LogP contribution in [0.1, 0.15) is 30.1 Å². The summed E-state index contributed by atoms with van der Waals surface area (Å²) in [5.41, 5.74) is 0.635. The zero-order valence-electron chi connectivity index (χ0n) is 13.0. The Morgan fingerprint density at radius 3 is 2.91 bits per heavy atom. The van der Waals surface area contributed by atoms with Gasteiger partial charge in [-0.3, -0.25) is 4.79 Å². The van der Waals surface area contributed by atoms with E-state index in [1.807, 2.05) is 6.92 Å². The van der Waals surface area contributed by atoms with Crippen LogP contribution in [0.2, 0.25) is 0 Å². The molecule has 3 rings (SSSR count). The van der Waals surface area contributed by atoms with Crippen molar-refractivity contribution in [3.05, 3.63) is 48.0 Å². The summed E-state index contributed by atoms with van der Waals surface area (Å²) < 4.78 is 15.7. The fourth-order valence-corrected chi connectivity index (χ4v) is 3.02. The first kappa shape index (κ1) is 15.7. The van der Waals surface area contributed by atoms with Gasteiger partial charge >= 0.3 is 0 Å². The molecule has 0 bridgehead atoms. The van der Waals surface area contributed by atoms with Crippen molar-refractivity contribution in [1.29, 1.82) is 0 Å². The smallest absolute Gasteiger partial charge is 0.254 e. The predicted molar refractivity (Wildman–Crippen MR) is 83.8 cm³/mol. The number of aromatic nitrogens is 2. The minimum absolute atomic E-state index is 0.0725. The summed E-state index contributed by atoms with van der Waals surface area (Å²) in [6.45, 7) is 2.57. The summed E-state index contributed by atoms with van der Waals surface area (Å²) in [5, 5.41) is 13.3. The summed E-state index contributed by atoms with van der Waals surface area (Å²) >= 11 is 0. The zero-order valence-corrected chi connectivity index (χ0v) is 13.0. The molecule has 0 aliphatic carbocycles. The average Bonchev–Trinajstić information content (AvgIpc) is 3.09. The Kier molecular flexibility index (Phi) is 4.43. The van der Waals surface area contributed by atoms with E-state index in [0.29, 0.717) is 17.8 Å². The second-order valence-corrected chi connectivity index (χ2v) is 6.05. The highest BCUT2D eigenvalue weighted by Crippen LogP contribution is 2.24. The number of carbonyl (C=O) groups is 1. The fraction of sp³-hybridized carbons (Fsp3) is 0.412. The quantitative estimate of drug-likeness (QED) is 0.944. The minimum Gasteiger partial charge on any atom is -0.396 e. The lowest BCUT2D eigenvalue weighted by Gasteiger charge is -2.37. The highest BCUT2D eigenvalue weighted by atomic mass is 19.1. The Morgan fingerprint density at radius 1 is 1.43 bits per heavy atom. The van der Waals surface area contributed by atoms with Gasteiger partial charge in [0.15, 0.2) is 0 Å². The van der Waals surface area contributed by atoms with Crippen LogP contribution in [0.25, 0.3) is 5.69 Å². The Labute approximate surface area is 134 Å². The molecule has 2 aromatic rings. The van der Waals surface area contributed by atoms with E-state index >= 15 is 0 Å². The molecule has 2 unspecified atom stereocenters. The lowest BCUT2D eigenvalue weighted by molar-refractivity contribution is 0.0488. The normalized spacial score (nSPS) is 21.4. The maximum atomic E-state index is 14.3. The highest BCUT2D eigenvalue weighted by molar-refractivity contribution is 5.94. The van der Waals surface area contributed by atoms with Gasteiger partial charge in [0.05, 0.1) is 0 Å². The highest BCUT2D eigenvalue weighted by Gasteiger charge is 2.29. The molecule has 6 heteroatoms.